The second-order valence-corrected chi connectivity index (χ2v) is 5.91. The third kappa shape index (κ3) is 2.96. The number of rotatable bonds is 2. The molecule has 3 heterocycles. The molecule has 1 fully saturated rings. The SMILES string of the molecule is Br.c1csc(-c2csc(C3CCNCC3)n2)c1. The number of thiophene rings is 1. The first-order valence-electron chi connectivity index (χ1n) is 5.63. The maximum absolute atomic E-state index is 4.78. The first-order chi connectivity index (χ1) is 7.93. The minimum absolute atomic E-state index is 0. The zero-order valence-electron chi connectivity index (χ0n) is 9.39. The molecule has 92 valence electrons. The molecule has 17 heavy (non-hydrogen) atoms. The lowest BCUT2D eigenvalue weighted by Crippen LogP contribution is -2.26. The summed E-state index contributed by atoms with van der Waals surface area (Å²) in [6.07, 6.45) is 2.47. The van der Waals surface area contributed by atoms with Crippen molar-refractivity contribution in [1.82, 2.24) is 10.3 Å². The fourth-order valence-electron chi connectivity index (χ4n) is 2.08. The number of thiazole rings is 1. The summed E-state index contributed by atoms with van der Waals surface area (Å²) in [5.74, 6) is 0.681. The second kappa shape index (κ2) is 6.09. The molecule has 0 aromatic carbocycles. The number of aromatic nitrogens is 1. The molecule has 5 heteroatoms. The van der Waals surface area contributed by atoms with Gasteiger partial charge in [0, 0.05) is 11.3 Å². The minimum Gasteiger partial charge on any atom is -0.317 e. The number of nitrogens with zero attached hydrogens (tertiary/aromatic N) is 1. The van der Waals surface area contributed by atoms with E-state index in [9.17, 15) is 0 Å². The van der Waals surface area contributed by atoms with Crippen LogP contribution in [-0.2, 0) is 0 Å². The highest BCUT2D eigenvalue weighted by molar-refractivity contribution is 8.93. The van der Waals surface area contributed by atoms with Crippen LogP contribution in [0.2, 0.25) is 0 Å². The maximum Gasteiger partial charge on any atom is 0.0964 e. The quantitative estimate of drug-likeness (QED) is 0.902. The second-order valence-electron chi connectivity index (χ2n) is 4.07. The van der Waals surface area contributed by atoms with Crippen LogP contribution in [0.1, 0.15) is 23.8 Å². The van der Waals surface area contributed by atoms with Crippen molar-refractivity contribution < 1.29 is 0 Å². The molecule has 3 rings (SSSR count). The fourth-order valence-corrected chi connectivity index (χ4v) is 3.83. The molecule has 0 radical (unpaired) electrons. The van der Waals surface area contributed by atoms with Crippen LogP contribution in [-0.4, -0.2) is 18.1 Å². The van der Waals surface area contributed by atoms with Crippen LogP contribution >= 0.6 is 39.7 Å². The predicted octanol–water partition coefficient (Wildman–Crippen LogP) is 3.92. The molecule has 1 saturated heterocycles. The van der Waals surface area contributed by atoms with Gasteiger partial charge in [-0.05, 0) is 37.4 Å². The number of nitrogens with one attached hydrogen (secondary N) is 1. The van der Waals surface area contributed by atoms with E-state index in [1.165, 1.54) is 22.7 Å². The Bertz CT molecular complexity index is 447. The lowest BCUT2D eigenvalue weighted by Gasteiger charge is -2.20. The summed E-state index contributed by atoms with van der Waals surface area (Å²) in [5.41, 5.74) is 1.16. The lowest BCUT2D eigenvalue weighted by atomic mass is 9.99. The van der Waals surface area contributed by atoms with Gasteiger partial charge in [0.15, 0.2) is 0 Å². The third-order valence-corrected chi connectivity index (χ3v) is 4.88. The summed E-state index contributed by atoms with van der Waals surface area (Å²) in [4.78, 5) is 6.07. The summed E-state index contributed by atoms with van der Waals surface area (Å²) in [6, 6.07) is 4.23. The van der Waals surface area contributed by atoms with E-state index in [1.54, 1.807) is 11.3 Å². The van der Waals surface area contributed by atoms with E-state index in [0.29, 0.717) is 5.92 Å². The van der Waals surface area contributed by atoms with E-state index in [0.717, 1.165) is 18.8 Å². The molecule has 1 aliphatic heterocycles. The standard InChI is InChI=1S/C12H14N2S2.BrH/c1-2-11(15-7-1)10-8-16-12(14-10)9-3-5-13-6-4-9;/h1-2,7-9,13H,3-6H2;1H. The smallest absolute Gasteiger partial charge is 0.0964 e. The molecular formula is C12H15BrN2S2. The van der Waals surface area contributed by atoms with Gasteiger partial charge in [0.2, 0.25) is 0 Å². The number of halogens is 1. The van der Waals surface area contributed by atoms with E-state index < -0.39 is 0 Å². The molecule has 0 saturated carbocycles. The van der Waals surface area contributed by atoms with Gasteiger partial charge in [0.05, 0.1) is 15.6 Å². The molecule has 0 spiro atoms. The van der Waals surface area contributed by atoms with Gasteiger partial charge in [-0.3, -0.25) is 0 Å². The first-order valence-corrected chi connectivity index (χ1v) is 7.39. The highest BCUT2D eigenvalue weighted by Crippen LogP contribution is 2.32. The number of hydrogen-bond acceptors (Lipinski definition) is 4. The molecule has 0 bridgehead atoms. The van der Waals surface area contributed by atoms with Crippen LogP contribution in [0.4, 0.5) is 0 Å². The van der Waals surface area contributed by atoms with Crippen LogP contribution in [0.15, 0.2) is 22.9 Å². The molecule has 0 atom stereocenters. The topological polar surface area (TPSA) is 24.9 Å². The summed E-state index contributed by atoms with van der Waals surface area (Å²) in [6.45, 7) is 2.27. The largest absolute Gasteiger partial charge is 0.317 e. The zero-order chi connectivity index (χ0) is 10.8. The molecule has 1 N–H and O–H groups in total. The fraction of sp³-hybridized carbons (Fsp3) is 0.417. The molecule has 2 aromatic heterocycles. The Hall–Kier alpha value is -0.230. The Morgan fingerprint density at radius 3 is 2.76 bits per heavy atom. The van der Waals surface area contributed by atoms with Crippen LogP contribution in [0.3, 0.4) is 0 Å². The van der Waals surface area contributed by atoms with Crippen LogP contribution in [0.5, 0.6) is 0 Å². The van der Waals surface area contributed by atoms with E-state index in [1.807, 2.05) is 11.3 Å². The summed E-state index contributed by atoms with van der Waals surface area (Å²) in [7, 11) is 0. The van der Waals surface area contributed by atoms with Gasteiger partial charge in [-0.25, -0.2) is 4.98 Å². The van der Waals surface area contributed by atoms with Crippen LogP contribution in [0, 0.1) is 0 Å². The van der Waals surface area contributed by atoms with Crippen molar-refractivity contribution in [3.63, 3.8) is 0 Å². The van der Waals surface area contributed by atoms with Crippen molar-refractivity contribution in [1.29, 1.82) is 0 Å². The Labute approximate surface area is 120 Å². The molecule has 2 aromatic rings. The average Bonchev–Trinajstić information content (AvgIpc) is 3.01. The normalized spacial score (nSPS) is 16.7. The molecule has 0 unspecified atom stereocenters. The van der Waals surface area contributed by atoms with Gasteiger partial charge in [-0.15, -0.1) is 39.7 Å². The first kappa shape index (κ1) is 13.2. The van der Waals surface area contributed by atoms with Gasteiger partial charge in [0.25, 0.3) is 0 Å². The van der Waals surface area contributed by atoms with Gasteiger partial charge in [-0.2, -0.15) is 0 Å². The summed E-state index contributed by atoms with van der Waals surface area (Å²) >= 11 is 3.59. The highest BCUT2D eigenvalue weighted by atomic mass is 79.9. The Kier molecular flexibility index (Phi) is 4.73. The van der Waals surface area contributed by atoms with E-state index in [-0.39, 0.29) is 17.0 Å². The zero-order valence-corrected chi connectivity index (χ0v) is 12.7. The van der Waals surface area contributed by atoms with Crippen molar-refractivity contribution in [2.45, 2.75) is 18.8 Å². The summed E-state index contributed by atoms with van der Waals surface area (Å²) < 4.78 is 0. The number of hydrogen-bond donors (Lipinski definition) is 1. The monoisotopic (exact) mass is 330 g/mol. The number of piperidine rings is 1. The van der Waals surface area contributed by atoms with Crippen molar-refractivity contribution in [3.05, 3.63) is 27.9 Å². The molecule has 2 nitrogen and oxygen atoms in total. The maximum atomic E-state index is 4.78. The van der Waals surface area contributed by atoms with Crippen LogP contribution in [0.25, 0.3) is 10.6 Å². The van der Waals surface area contributed by atoms with Gasteiger partial charge >= 0.3 is 0 Å². The summed E-state index contributed by atoms with van der Waals surface area (Å²) in [5, 5.41) is 9.03. The Balaban J connectivity index is 0.00000108. The van der Waals surface area contributed by atoms with Crippen LogP contribution < -0.4 is 5.32 Å². The van der Waals surface area contributed by atoms with Crippen molar-refractivity contribution in [2.24, 2.45) is 0 Å². The van der Waals surface area contributed by atoms with Gasteiger partial charge in [0.1, 0.15) is 0 Å². The lowest BCUT2D eigenvalue weighted by molar-refractivity contribution is 0.459. The van der Waals surface area contributed by atoms with Gasteiger partial charge < -0.3 is 5.32 Å². The highest BCUT2D eigenvalue weighted by Gasteiger charge is 2.18. The molecule has 0 amide bonds. The molecule has 0 aliphatic carbocycles. The minimum atomic E-state index is 0. The van der Waals surface area contributed by atoms with E-state index in [4.69, 9.17) is 4.98 Å². The molecular weight excluding hydrogens is 316 g/mol. The van der Waals surface area contributed by atoms with Crippen molar-refractivity contribution in [2.75, 3.05) is 13.1 Å². The van der Waals surface area contributed by atoms with Crippen molar-refractivity contribution in [3.8, 4) is 10.6 Å². The average molecular weight is 331 g/mol. The Morgan fingerprint density at radius 1 is 1.24 bits per heavy atom. The van der Waals surface area contributed by atoms with E-state index >= 15 is 0 Å². The predicted molar refractivity (Wildman–Crippen MR) is 80.6 cm³/mol. The van der Waals surface area contributed by atoms with Gasteiger partial charge in [-0.1, -0.05) is 6.07 Å². The Morgan fingerprint density at radius 2 is 2.06 bits per heavy atom. The van der Waals surface area contributed by atoms with E-state index in [2.05, 4.69) is 28.2 Å². The third-order valence-electron chi connectivity index (χ3n) is 2.98. The van der Waals surface area contributed by atoms with Crippen molar-refractivity contribution >= 4 is 39.7 Å². The molecule has 1 aliphatic rings.